The first-order chi connectivity index (χ1) is 15.4. The number of hydrogen-bond acceptors (Lipinski definition) is 6. The Morgan fingerprint density at radius 2 is 1.62 bits per heavy atom. The van der Waals surface area contributed by atoms with Gasteiger partial charge < -0.3 is 24.6 Å². The fraction of sp³-hybridized carbons (Fsp3) is 0.364. The van der Waals surface area contributed by atoms with Crippen LogP contribution in [0, 0.1) is 0 Å². The molecular weight excluding hydrogens is 438 g/mol. The first kappa shape index (κ1) is 23.3. The third kappa shape index (κ3) is 5.88. The van der Waals surface area contributed by atoms with Gasteiger partial charge in [0.05, 0.1) is 19.2 Å². The summed E-state index contributed by atoms with van der Waals surface area (Å²) < 4.78 is 10.2. The molecule has 3 rings (SSSR count). The molecule has 32 heavy (non-hydrogen) atoms. The lowest BCUT2D eigenvalue weighted by Crippen LogP contribution is -2.52. The van der Waals surface area contributed by atoms with E-state index in [-0.39, 0.29) is 24.9 Å². The maximum Gasteiger partial charge on any atom is 0.410 e. The normalized spacial score (nSPS) is 13.6. The van der Waals surface area contributed by atoms with Gasteiger partial charge in [-0.15, -0.1) is 11.6 Å². The minimum Gasteiger partial charge on any atom is -0.465 e. The van der Waals surface area contributed by atoms with Crippen molar-refractivity contribution in [1.29, 1.82) is 0 Å². The van der Waals surface area contributed by atoms with E-state index in [4.69, 9.17) is 21.1 Å². The summed E-state index contributed by atoms with van der Waals surface area (Å²) in [4.78, 5) is 50.4. The number of fused-ring (bicyclic) bond motifs is 1. The highest BCUT2D eigenvalue weighted by Crippen LogP contribution is 2.19. The molecule has 0 aromatic heterocycles. The van der Waals surface area contributed by atoms with Crippen LogP contribution in [0.15, 0.2) is 36.4 Å². The van der Waals surface area contributed by atoms with Crippen LogP contribution in [0.25, 0.3) is 10.8 Å². The van der Waals surface area contributed by atoms with Crippen molar-refractivity contribution >= 4 is 46.3 Å². The van der Waals surface area contributed by atoms with Gasteiger partial charge in [0, 0.05) is 26.2 Å². The smallest absolute Gasteiger partial charge is 0.410 e. The second-order valence-electron chi connectivity index (χ2n) is 7.22. The van der Waals surface area contributed by atoms with Crippen LogP contribution in [0.3, 0.4) is 0 Å². The van der Waals surface area contributed by atoms with Crippen molar-refractivity contribution in [1.82, 2.24) is 15.1 Å². The Labute approximate surface area is 190 Å². The average Bonchev–Trinajstić information content (AvgIpc) is 2.84. The van der Waals surface area contributed by atoms with Crippen LogP contribution in [0.5, 0.6) is 0 Å². The van der Waals surface area contributed by atoms with Gasteiger partial charge in [0.15, 0.2) is 0 Å². The standard InChI is InChI=1S/C22H24ClN3O6/c1-31-21(29)18-5-4-16-10-15(2-3-17(16)11-18)14-32-22(30)26-8-6-25(7-9-26)20(28)13-24-19(27)12-23/h2-5,10-11H,6-9,12-14H2,1H3,(H,24,27). The van der Waals surface area contributed by atoms with Crippen LogP contribution in [0.4, 0.5) is 4.79 Å². The number of nitrogens with one attached hydrogen (secondary N) is 1. The third-order valence-corrected chi connectivity index (χ3v) is 5.38. The molecule has 0 spiro atoms. The quantitative estimate of drug-likeness (QED) is 0.519. The molecule has 1 aliphatic heterocycles. The van der Waals surface area contributed by atoms with Gasteiger partial charge in [0.2, 0.25) is 11.8 Å². The predicted octanol–water partition coefficient (Wildman–Crippen LogP) is 1.76. The SMILES string of the molecule is COC(=O)c1ccc2cc(COC(=O)N3CCN(C(=O)CNC(=O)CCl)CC3)ccc2c1. The van der Waals surface area contributed by atoms with E-state index in [9.17, 15) is 19.2 Å². The number of halogens is 1. The van der Waals surface area contributed by atoms with Crippen molar-refractivity contribution in [3.8, 4) is 0 Å². The molecule has 1 saturated heterocycles. The molecule has 0 saturated carbocycles. The van der Waals surface area contributed by atoms with Gasteiger partial charge in [-0.1, -0.05) is 18.2 Å². The number of nitrogens with zero attached hydrogens (tertiary/aromatic N) is 2. The number of piperazine rings is 1. The van der Waals surface area contributed by atoms with Crippen LogP contribution in [0.1, 0.15) is 15.9 Å². The number of carbonyl (C=O) groups excluding carboxylic acids is 4. The summed E-state index contributed by atoms with van der Waals surface area (Å²) in [6.07, 6.45) is -0.450. The molecule has 9 nitrogen and oxygen atoms in total. The van der Waals surface area contributed by atoms with E-state index in [0.717, 1.165) is 16.3 Å². The summed E-state index contributed by atoms with van der Waals surface area (Å²) in [7, 11) is 1.34. The first-order valence-electron chi connectivity index (χ1n) is 10.0. The second-order valence-corrected chi connectivity index (χ2v) is 7.49. The van der Waals surface area contributed by atoms with Crippen molar-refractivity contribution in [2.75, 3.05) is 45.7 Å². The summed E-state index contributed by atoms with van der Waals surface area (Å²) >= 11 is 5.39. The van der Waals surface area contributed by atoms with E-state index in [1.807, 2.05) is 24.3 Å². The minimum atomic E-state index is -0.450. The zero-order chi connectivity index (χ0) is 23.1. The monoisotopic (exact) mass is 461 g/mol. The van der Waals surface area contributed by atoms with Crippen LogP contribution in [-0.4, -0.2) is 79.4 Å². The summed E-state index contributed by atoms with van der Waals surface area (Å²) in [5.74, 6) is -1.21. The Morgan fingerprint density at radius 3 is 2.31 bits per heavy atom. The Balaban J connectivity index is 1.48. The van der Waals surface area contributed by atoms with E-state index < -0.39 is 18.0 Å². The molecule has 1 fully saturated rings. The lowest BCUT2D eigenvalue weighted by Gasteiger charge is -2.34. The number of rotatable bonds is 6. The average molecular weight is 462 g/mol. The lowest BCUT2D eigenvalue weighted by atomic mass is 10.0. The van der Waals surface area contributed by atoms with E-state index in [1.54, 1.807) is 21.9 Å². The zero-order valence-corrected chi connectivity index (χ0v) is 18.4. The van der Waals surface area contributed by atoms with Crippen molar-refractivity contribution in [3.05, 3.63) is 47.5 Å². The Hall–Kier alpha value is -3.33. The highest BCUT2D eigenvalue weighted by Gasteiger charge is 2.25. The van der Waals surface area contributed by atoms with Gasteiger partial charge in [-0.3, -0.25) is 9.59 Å². The number of alkyl halides is 1. The molecule has 0 bridgehead atoms. The fourth-order valence-corrected chi connectivity index (χ4v) is 3.43. The maximum atomic E-state index is 12.4. The van der Waals surface area contributed by atoms with E-state index in [1.165, 1.54) is 7.11 Å². The van der Waals surface area contributed by atoms with Crippen molar-refractivity contribution in [2.45, 2.75) is 6.61 Å². The Morgan fingerprint density at radius 1 is 0.969 bits per heavy atom. The van der Waals surface area contributed by atoms with Gasteiger partial charge in [0.25, 0.3) is 0 Å². The largest absolute Gasteiger partial charge is 0.465 e. The van der Waals surface area contributed by atoms with Crippen molar-refractivity contribution < 1.29 is 28.7 Å². The molecule has 2 aromatic rings. The molecule has 0 atom stereocenters. The number of ether oxygens (including phenoxy) is 2. The summed E-state index contributed by atoms with van der Waals surface area (Å²) in [5.41, 5.74) is 1.29. The number of amides is 3. The topological polar surface area (TPSA) is 105 Å². The molecule has 2 aromatic carbocycles. The highest BCUT2D eigenvalue weighted by atomic mass is 35.5. The van der Waals surface area contributed by atoms with Crippen LogP contribution >= 0.6 is 11.6 Å². The number of esters is 1. The van der Waals surface area contributed by atoms with Crippen LogP contribution in [0.2, 0.25) is 0 Å². The molecule has 10 heteroatoms. The summed E-state index contributed by atoms with van der Waals surface area (Å²) in [5, 5.41) is 4.23. The van der Waals surface area contributed by atoms with E-state index >= 15 is 0 Å². The van der Waals surface area contributed by atoms with Crippen LogP contribution in [-0.2, 0) is 25.7 Å². The Kier molecular flexibility index (Phi) is 7.88. The summed E-state index contributed by atoms with van der Waals surface area (Å²) in [6, 6.07) is 10.8. The predicted molar refractivity (Wildman–Crippen MR) is 117 cm³/mol. The minimum absolute atomic E-state index is 0.108. The zero-order valence-electron chi connectivity index (χ0n) is 17.6. The van der Waals surface area contributed by atoms with E-state index in [2.05, 4.69) is 5.32 Å². The third-order valence-electron chi connectivity index (χ3n) is 5.14. The maximum absolute atomic E-state index is 12.4. The molecule has 170 valence electrons. The van der Waals surface area contributed by atoms with Gasteiger partial charge in [0.1, 0.15) is 12.5 Å². The number of carbonyl (C=O) groups is 4. The molecule has 1 heterocycles. The molecule has 1 N–H and O–H groups in total. The Bertz CT molecular complexity index is 1020. The lowest BCUT2D eigenvalue weighted by molar-refractivity contribution is -0.133. The van der Waals surface area contributed by atoms with Gasteiger partial charge >= 0.3 is 12.1 Å². The van der Waals surface area contributed by atoms with Crippen LogP contribution < -0.4 is 5.32 Å². The fourth-order valence-electron chi connectivity index (χ4n) is 3.34. The molecule has 0 unspecified atom stereocenters. The molecule has 3 amide bonds. The number of benzene rings is 2. The van der Waals surface area contributed by atoms with Crippen molar-refractivity contribution in [3.63, 3.8) is 0 Å². The second kappa shape index (κ2) is 10.8. The molecule has 1 aliphatic rings. The first-order valence-corrected chi connectivity index (χ1v) is 10.6. The van der Waals surface area contributed by atoms with Gasteiger partial charge in [-0.05, 0) is 34.5 Å². The number of methoxy groups -OCH3 is 1. The number of hydrogen-bond donors (Lipinski definition) is 1. The van der Waals surface area contributed by atoms with Gasteiger partial charge in [-0.25, -0.2) is 9.59 Å². The van der Waals surface area contributed by atoms with Crippen molar-refractivity contribution in [2.24, 2.45) is 0 Å². The molecule has 0 aliphatic carbocycles. The van der Waals surface area contributed by atoms with Gasteiger partial charge in [-0.2, -0.15) is 0 Å². The highest BCUT2D eigenvalue weighted by molar-refractivity contribution is 6.27. The van der Waals surface area contributed by atoms with E-state index in [0.29, 0.717) is 31.7 Å². The summed E-state index contributed by atoms with van der Waals surface area (Å²) in [6.45, 7) is 1.42. The molecule has 0 radical (unpaired) electrons. The molecular formula is C22H24ClN3O6.